The van der Waals surface area contributed by atoms with E-state index in [1.165, 1.54) is 0 Å². The molecule has 172 valence electrons. The average molecular weight is 453 g/mol. The summed E-state index contributed by atoms with van der Waals surface area (Å²) in [4.78, 5) is 37.5. The summed E-state index contributed by atoms with van der Waals surface area (Å²) in [5.41, 5.74) is 0.373. The predicted molar refractivity (Wildman–Crippen MR) is 118 cm³/mol. The molecule has 0 radical (unpaired) electrons. The van der Waals surface area contributed by atoms with E-state index in [0.29, 0.717) is 31.4 Å². The zero-order valence-electron chi connectivity index (χ0n) is 18.6. The van der Waals surface area contributed by atoms with Gasteiger partial charge in [0.05, 0.1) is 19.3 Å². The Balaban J connectivity index is 2.88. The Morgan fingerprint density at radius 2 is 1.55 bits per heavy atom. The van der Waals surface area contributed by atoms with Gasteiger partial charge < -0.3 is 19.5 Å². The molecule has 0 aliphatic heterocycles. The molecular formula is C22H32N2O6S. The third kappa shape index (κ3) is 9.39. The Labute approximate surface area is 187 Å². The first-order valence-corrected chi connectivity index (χ1v) is 11.6. The van der Waals surface area contributed by atoms with Crippen LogP contribution in [0.4, 0.5) is 4.79 Å². The third-order valence-corrected chi connectivity index (χ3v) is 5.59. The molecule has 1 N–H and O–H groups in total. The van der Waals surface area contributed by atoms with Crippen LogP contribution in [-0.4, -0.2) is 37.8 Å². The summed E-state index contributed by atoms with van der Waals surface area (Å²) in [6, 6.07) is 2.08. The van der Waals surface area contributed by atoms with Gasteiger partial charge in [-0.1, -0.05) is 33.1 Å². The minimum absolute atomic E-state index is 0.0240. The normalized spacial score (nSPS) is 10.3. The molecule has 1 aromatic rings. The van der Waals surface area contributed by atoms with Crippen molar-refractivity contribution >= 4 is 29.4 Å². The summed E-state index contributed by atoms with van der Waals surface area (Å²) in [5, 5.41) is 11.2. The maximum atomic E-state index is 12.5. The fourth-order valence-corrected chi connectivity index (χ4v) is 3.55. The van der Waals surface area contributed by atoms with Gasteiger partial charge in [0.15, 0.2) is 10.6 Å². The number of nitriles is 1. The minimum atomic E-state index is -0.713. The monoisotopic (exact) mass is 452 g/mol. The van der Waals surface area contributed by atoms with Gasteiger partial charge in [-0.25, -0.2) is 14.4 Å². The van der Waals surface area contributed by atoms with E-state index in [9.17, 15) is 14.4 Å². The summed E-state index contributed by atoms with van der Waals surface area (Å²) in [7, 11) is 0. The number of nitrogens with zero attached hydrogens (tertiary/aromatic N) is 1. The molecule has 0 atom stereocenters. The van der Waals surface area contributed by atoms with Crippen molar-refractivity contribution in [2.45, 2.75) is 72.1 Å². The van der Waals surface area contributed by atoms with E-state index in [0.717, 1.165) is 43.4 Å². The lowest BCUT2D eigenvalue weighted by Gasteiger charge is -2.09. The van der Waals surface area contributed by atoms with E-state index in [1.807, 2.05) is 13.8 Å². The lowest BCUT2D eigenvalue weighted by atomic mass is 10.2. The van der Waals surface area contributed by atoms with Crippen molar-refractivity contribution in [3.63, 3.8) is 0 Å². The maximum absolute atomic E-state index is 12.5. The molecule has 1 amide bonds. The largest absolute Gasteiger partial charge is 0.461 e. The first kappa shape index (κ1) is 26.4. The zero-order chi connectivity index (χ0) is 23.1. The Hall–Kier alpha value is -2.60. The van der Waals surface area contributed by atoms with Gasteiger partial charge >= 0.3 is 18.0 Å². The molecule has 1 rings (SSSR count). The van der Waals surface area contributed by atoms with Crippen LogP contribution in [0.15, 0.2) is 0 Å². The highest BCUT2D eigenvalue weighted by Crippen LogP contribution is 2.36. The second kappa shape index (κ2) is 15.2. The number of unbranched alkanes of at least 4 members (excludes halogenated alkanes) is 5. The van der Waals surface area contributed by atoms with Crippen LogP contribution in [0.3, 0.4) is 0 Å². The zero-order valence-corrected chi connectivity index (χ0v) is 19.4. The van der Waals surface area contributed by atoms with Gasteiger partial charge in [-0.3, -0.25) is 0 Å². The van der Waals surface area contributed by atoms with Crippen LogP contribution in [0.2, 0.25) is 0 Å². The topological polar surface area (TPSA) is 115 Å². The summed E-state index contributed by atoms with van der Waals surface area (Å²) in [6.07, 6.45) is 5.27. The Kier molecular flexibility index (Phi) is 13.0. The highest BCUT2D eigenvalue weighted by molar-refractivity contribution is 7.16. The van der Waals surface area contributed by atoms with Crippen molar-refractivity contribution in [2.24, 2.45) is 0 Å². The molecule has 8 nitrogen and oxygen atoms in total. The predicted octanol–water partition coefficient (Wildman–Crippen LogP) is 5.14. The molecule has 0 saturated heterocycles. The number of thiophene rings is 1. The van der Waals surface area contributed by atoms with Crippen LogP contribution in [-0.2, 0) is 9.47 Å². The van der Waals surface area contributed by atoms with E-state index in [1.54, 1.807) is 6.92 Å². The molecule has 31 heavy (non-hydrogen) atoms. The number of rotatable bonds is 14. The van der Waals surface area contributed by atoms with Crippen LogP contribution < -0.4 is 10.1 Å². The molecule has 0 aliphatic carbocycles. The minimum Gasteiger partial charge on any atom is -0.461 e. The number of ether oxygens (including phenoxy) is 3. The first-order chi connectivity index (χ1) is 15.0. The van der Waals surface area contributed by atoms with Gasteiger partial charge in [-0.05, 0) is 32.6 Å². The first-order valence-electron chi connectivity index (χ1n) is 10.8. The summed E-state index contributed by atoms with van der Waals surface area (Å²) >= 11 is 0.913. The molecule has 0 unspecified atom stereocenters. The lowest BCUT2D eigenvalue weighted by molar-refractivity contribution is 0.0495. The van der Waals surface area contributed by atoms with Crippen molar-refractivity contribution < 1.29 is 28.6 Å². The van der Waals surface area contributed by atoms with Crippen LogP contribution in [0.1, 0.15) is 90.1 Å². The van der Waals surface area contributed by atoms with Crippen molar-refractivity contribution in [3.8, 4) is 11.8 Å². The second-order valence-corrected chi connectivity index (χ2v) is 8.00. The van der Waals surface area contributed by atoms with Crippen molar-refractivity contribution in [1.82, 2.24) is 5.32 Å². The summed E-state index contributed by atoms with van der Waals surface area (Å²) in [5.74, 6) is -1.16. The van der Waals surface area contributed by atoms with Crippen LogP contribution >= 0.6 is 11.3 Å². The van der Waals surface area contributed by atoms with E-state index < -0.39 is 18.0 Å². The number of esters is 2. The quantitative estimate of drug-likeness (QED) is 0.307. The van der Waals surface area contributed by atoms with E-state index in [2.05, 4.69) is 11.4 Å². The number of amides is 1. The smallest absolute Gasteiger partial charge is 0.412 e. The summed E-state index contributed by atoms with van der Waals surface area (Å²) in [6.45, 7) is 6.49. The molecule has 0 saturated carbocycles. The molecule has 1 heterocycles. The van der Waals surface area contributed by atoms with E-state index in [4.69, 9.17) is 19.5 Å². The second-order valence-electron chi connectivity index (χ2n) is 6.98. The van der Waals surface area contributed by atoms with Crippen LogP contribution in [0, 0.1) is 18.3 Å². The fourth-order valence-electron chi connectivity index (χ4n) is 2.52. The average Bonchev–Trinajstić information content (AvgIpc) is 3.07. The van der Waals surface area contributed by atoms with E-state index >= 15 is 0 Å². The molecule has 1 aromatic heterocycles. The van der Waals surface area contributed by atoms with Gasteiger partial charge in [0.2, 0.25) is 0 Å². The standard InChI is InChI=1S/C22H32N2O6S/c1-4-6-14-28-20(25)18-16(3)17(19(31-18)21(26)29-15-7-5-2)30-22(27)24-13-11-9-8-10-12-23/h4-11,13-15H2,1-3H3,(H,24,27). The van der Waals surface area contributed by atoms with E-state index in [-0.39, 0.29) is 28.7 Å². The molecule has 0 spiro atoms. The van der Waals surface area contributed by atoms with Crippen molar-refractivity contribution in [3.05, 3.63) is 15.3 Å². The number of carbonyl (C=O) groups excluding carboxylic acids is 3. The molecule has 0 bridgehead atoms. The van der Waals surface area contributed by atoms with Gasteiger partial charge in [-0.2, -0.15) is 5.26 Å². The van der Waals surface area contributed by atoms with Gasteiger partial charge in [0.25, 0.3) is 0 Å². The van der Waals surface area contributed by atoms with Crippen LogP contribution in [0.5, 0.6) is 5.75 Å². The molecule has 0 aliphatic rings. The van der Waals surface area contributed by atoms with Crippen LogP contribution in [0.25, 0.3) is 0 Å². The van der Waals surface area contributed by atoms with Gasteiger partial charge in [0.1, 0.15) is 4.88 Å². The highest BCUT2D eigenvalue weighted by Gasteiger charge is 2.28. The Morgan fingerprint density at radius 1 is 0.935 bits per heavy atom. The third-order valence-electron chi connectivity index (χ3n) is 4.35. The Morgan fingerprint density at radius 3 is 2.13 bits per heavy atom. The SMILES string of the molecule is CCCCOC(=O)c1sc(C(=O)OCCCC)c(OC(=O)NCCCCCC#N)c1C. The highest BCUT2D eigenvalue weighted by atomic mass is 32.1. The van der Waals surface area contributed by atoms with Crippen molar-refractivity contribution in [2.75, 3.05) is 19.8 Å². The molecule has 9 heteroatoms. The van der Waals surface area contributed by atoms with Gasteiger partial charge in [-0.15, -0.1) is 11.3 Å². The number of hydrogen-bond donors (Lipinski definition) is 1. The Bertz CT molecular complexity index is 769. The number of hydrogen-bond acceptors (Lipinski definition) is 8. The lowest BCUT2D eigenvalue weighted by Crippen LogP contribution is -2.28. The number of carbonyl (C=O) groups is 3. The maximum Gasteiger partial charge on any atom is 0.412 e. The summed E-state index contributed by atoms with van der Waals surface area (Å²) < 4.78 is 15.9. The molecule has 0 fully saturated rings. The van der Waals surface area contributed by atoms with Crippen molar-refractivity contribution in [1.29, 1.82) is 5.26 Å². The molecule has 0 aromatic carbocycles. The number of nitrogens with one attached hydrogen (secondary N) is 1. The van der Waals surface area contributed by atoms with Gasteiger partial charge in [0, 0.05) is 18.5 Å². The molecular weight excluding hydrogens is 420 g/mol. The fraction of sp³-hybridized carbons (Fsp3) is 0.636.